The largest absolute Gasteiger partial charge is 0.336 e. The van der Waals surface area contributed by atoms with E-state index in [1.54, 1.807) is 18.2 Å². The van der Waals surface area contributed by atoms with Crippen molar-refractivity contribution < 1.29 is 18.0 Å². The standard InChI is InChI=1S/C19H26N2O4S/c1-13-11-15(19(23)21-9-4-3-5-14(21)2)6-7-17(13)20-18(22)16-8-10-26(24,25)12-16/h6-7,11,14,16H,3-5,8-10,12H2,1-2H3,(H,20,22)/t14-,16+/m0/s1. The minimum absolute atomic E-state index is 0.0278. The van der Waals surface area contributed by atoms with Gasteiger partial charge in [0.2, 0.25) is 5.91 Å². The topological polar surface area (TPSA) is 83.6 Å². The molecule has 6 nitrogen and oxygen atoms in total. The smallest absolute Gasteiger partial charge is 0.254 e. The Morgan fingerprint density at radius 1 is 1.19 bits per heavy atom. The predicted molar refractivity (Wildman–Crippen MR) is 101 cm³/mol. The van der Waals surface area contributed by atoms with E-state index in [0.717, 1.165) is 31.4 Å². The zero-order valence-corrected chi connectivity index (χ0v) is 16.1. The molecule has 2 saturated heterocycles. The fourth-order valence-corrected chi connectivity index (χ4v) is 5.48. The highest BCUT2D eigenvalue weighted by Crippen LogP contribution is 2.24. The van der Waals surface area contributed by atoms with Crippen LogP contribution in [-0.2, 0) is 14.6 Å². The molecule has 2 amide bonds. The molecule has 7 heteroatoms. The number of likely N-dealkylation sites (tertiary alicyclic amines) is 1. The van der Waals surface area contributed by atoms with E-state index < -0.39 is 15.8 Å². The number of piperidine rings is 1. The van der Waals surface area contributed by atoms with E-state index >= 15 is 0 Å². The van der Waals surface area contributed by atoms with Crippen molar-refractivity contribution >= 4 is 27.3 Å². The van der Waals surface area contributed by atoms with Gasteiger partial charge in [0.15, 0.2) is 9.84 Å². The van der Waals surface area contributed by atoms with E-state index in [4.69, 9.17) is 0 Å². The molecule has 0 saturated carbocycles. The van der Waals surface area contributed by atoms with Crippen LogP contribution in [-0.4, -0.2) is 49.2 Å². The van der Waals surface area contributed by atoms with Crippen molar-refractivity contribution in [3.63, 3.8) is 0 Å². The molecule has 0 radical (unpaired) electrons. The minimum Gasteiger partial charge on any atom is -0.336 e. The molecular weight excluding hydrogens is 352 g/mol. The maximum Gasteiger partial charge on any atom is 0.254 e. The summed E-state index contributed by atoms with van der Waals surface area (Å²) in [5.41, 5.74) is 2.05. The number of carbonyl (C=O) groups excluding carboxylic acids is 2. The number of nitrogens with zero attached hydrogens (tertiary/aromatic N) is 1. The van der Waals surface area contributed by atoms with Gasteiger partial charge in [0.25, 0.3) is 5.91 Å². The Balaban J connectivity index is 1.69. The van der Waals surface area contributed by atoms with Crippen LogP contribution in [0.1, 0.15) is 48.5 Å². The average Bonchev–Trinajstić information content (AvgIpc) is 2.96. The summed E-state index contributed by atoms with van der Waals surface area (Å²) in [6.45, 7) is 4.71. The quantitative estimate of drug-likeness (QED) is 0.875. The molecule has 2 aliphatic heterocycles. The van der Waals surface area contributed by atoms with Crippen molar-refractivity contribution in [3.05, 3.63) is 29.3 Å². The first-order valence-electron chi connectivity index (χ1n) is 9.20. The number of sulfone groups is 1. The molecular formula is C19H26N2O4S. The summed E-state index contributed by atoms with van der Waals surface area (Å²) in [6, 6.07) is 5.51. The normalized spacial score (nSPS) is 25.1. The number of nitrogens with one attached hydrogen (secondary N) is 1. The molecule has 0 bridgehead atoms. The van der Waals surface area contributed by atoms with E-state index in [1.165, 1.54) is 0 Å². The molecule has 0 unspecified atom stereocenters. The molecule has 0 aromatic heterocycles. The summed E-state index contributed by atoms with van der Waals surface area (Å²) in [4.78, 5) is 27.0. The van der Waals surface area contributed by atoms with E-state index in [9.17, 15) is 18.0 Å². The van der Waals surface area contributed by atoms with Crippen LogP contribution in [0.25, 0.3) is 0 Å². The molecule has 2 aliphatic rings. The van der Waals surface area contributed by atoms with Crippen molar-refractivity contribution in [1.29, 1.82) is 0 Å². The van der Waals surface area contributed by atoms with E-state index in [-0.39, 0.29) is 29.4 Å². The highest BCUT2D eigenvalue weighted by atomic mass is 32.2. The lowest BCUT2D eigenvalue weighted by Gasteiger charge is -2.33. The van der Waals surface area contributed by atoms with Crippen molar-refractivity contribution in [2.45, 2.75) is 45.6 Å². The van der Waals surface area contributed by atoms with E-state index in [1.807, 2.05) is 11.8 Å². The highest BCUT2D eigenvalue weighted by molar-refractivity contribution is 7.91. The third kappa shape index (κ3) is 4.09. The zero-order chi connectivity index (χ0) is 18.9. The van der Waals surface area contributed by atoms with Crippen LogP contribution in [0, 0.1) is 12.8 Å². The number of anilines is 1. The van der Waals surface area contributed by atoms with Crippen LogP contribution in [0.3, 0.4) is 0 Å². The van der Waals surface area contributed by atoms with Gasteiger partial charge in [-0.3, -0.25) is 9.59 Å². The molecule has 2 fully saturated rings. The third-order valence-electron chi connectivity index (χ3n) is 5.40. The Morgan fingerprint density at radius 3 is 2.58 bits per heavy atom. The van der Waals surface area contributed by atoms with Crippen molar-refractivity contribution in [2.24, 2.45) is 5.92 Å². The lowest BCUT2D eigenvalue weighted by Crippen LogP contribution is -2.42. The number of amides is 2. The SMILES string of the molecule is Cc1cc(C(=O)N2CCCC[C@@H]2C)ccc1NC(=O)[C@@H]1CCS(=O)(=O)C1. The van der Waals surface area contributed by atoms with Gasteiger partial charge < -0.3 is 10.2 Å². The molecule has 2 heterocycles. The van der Waals surface area contributed by atoms with E-state index in [0.29, 0.717) is 17.7 Å². The molecule has 142 valence electrons. The van der Waals surface area contributed by atoms with Gasteiger partial charge in [-0.15, -0.1) is 0 Å². The molecule has 0 spiro atoms. The van der Waals surface area contributed by atoms with Crippen molar-refractivity contribution in [1.82, 2.24) is 4.90 Å². The summed E-state index contributed by atoms with van der Waals surface area (Å²) in [6.07, 6.45) is 3.60. The van der Waals surface area contributed by atoms with E-state index in [2.05, 4.69) is 12.2 Å². The molecule has 1 aromatic carbocycles. The first-order chi connectivity index (χ1) is 12.3. The van der Waals surface area contributed by atoms with Crippen molar-refractivity contribution in [2.75, 3.05) is 23.4 Å². The van der Waals surface area contributed by atoms with Gasteiger partial charge in [0.1, 0.15) is 0 Å². The summed E-state index contributed by atoms with van der Waals surface area (Å²) in [5, 5.41) is 2.82. The number of aryl methyl sites for hydroxylation is 1. The second kappa shape index (κ2) is 7.39. The number of hydrogen-bond acceptors (Lipinski definition) is 4. The molecule has 1 N–H and O–H groups in total. The summed E-state index contributed by atoms with van der Waals surface area (Å²) >= 11 is 0. The average molecular weight is 378 g/mol. The number of rotatable bonds is 3. The summed E-state index contributed by atoms with van der Waals surface area (Å²) in [5.74, 6) is -0.736. The molecule has 1 aromatic rings. The second-order valence-corrected chi connectivity index (χ2v) is 9.69. The monoisotopic (exact) mass is 378 g/mol. The Morgan fingerprint density at radius 2 is 1.96 bits per heavy atom. The Kier molecular flexibility index (Phi) is 5.37. The molecule has 3 rings (SSSR count). The molecule has 2 atom stereocenters. The van der Waals surface area contributed by atoms with Crippen LogP contribution >= 0.6 is 0 Å². The molecule has 0 aliphatic carbocycles. The van der Waals surface area contributed by atoms with Gasteiger partial charge in [-0.25, -0.2) is 8.42 Å². The Hall–Kier alpha value is -1.89. The highest BCUT2D eigenvalue weighted by Gasteiger charge is 2.33. The minimum atomic E-state index is -3.09. The van der Waals surface area contributed by atoms with Gasteiger partial charge in [-0.2, -0.15) is 0 Å². The van der Waals surface area contributed by atoms with Gasteiger partial charge >= 0.3 is 0 Å². The first-order valence-corrected chi connectivity index (χ1v) is 11.0. The zero-order valence-electron chi connectivity index (χ0n) is 15.3. The summed E-state index contributed by atoms with van der Waals surface area (Å²) in [7, 11) is -3.09. The Labute approximate surface area is 154 Å². The number of benzene rings is 1. The van der Waals surface area contributed by atoms with Crippen molar-refractivity contribution in [3.8, 4) is 0 Å². The lowest BCUT2D eigenvalue weighted by molar-refractivity contribution is -0.119. The van der Waals surface area contributed by atoms with Crippen LogP contribution in [0.5, 0.6) is 0 Å². The van der Waals surface area contributed by atoms with Gasteiger partial charge in [-0.05, 0) is 63.3 Å². The predicted octanol–water partition coefficient (Wildman–Crippen LogP) is 2.38. The van der Waals surface area contributed by atoms with Gasteiger partial charge in [-0.1, -0.05) is 0 Å². The lowest BCUT2D eigenvalue weighted by atomic mass is 10.0. The van der Waals surface area contributed by atoms with Crippen LogP contribution < -0.4 is 5.32 Å². The van der Waals surface area contributed by atoms with Gasteiger partial charge in [0, 0.05) is 23.8 Å². The van der Waals surface area contributed by atoms with Gasteiger partial charge in [0.05, 0.1) is 17.4 Å². The number of carbonyl (C=O) groups is 2. The summed E-state index contributed by atoms with van der Waals surface area (Å²) < 4.78 is 23.1. The fourth-order valence-electron chi connectivity index (χ4n) is 3.74. The fraction of sp³-hybridized carbons (Fsp3) is 0.579. The van der Waals surface area contributed by atoms with Crippen LogP contribution in [0.4, 0.5) is 5.69 Å². The maximum absolute atomic E-state index is 12.7. The second-order valence-electron chi connectivity index (χ2n) is 7.46. The first kappa shape index (κ1) is 18.9. The third-order valence-corrected chi connectivity index (χ3v) is 7.17. The Bertz CT molecular complexity index is 819. The maximum atomic E-state index is 12.7. The molecule has 26 heavy (non-hydrogen) atoms. The van der Waals surface area contributed by atoms with Crippen LogP contribution in [0.15, 0.2) is 18.2 Å². The number of hydrogen-bond donors (Lipinski definition) is 1. The van der Waals surface area contributed by atoms with Crippen LogP contribution in [0.2, 0.25) is 0 Å².